The number of ether oxygens (including phenoxy) is 3. The topological polar surface area (TPSA) is 110 Å². The third kappa shape index (κ3) is 5.31. The Balaban J connectivity index is 1.27. The van der Waals surface area contributed by atoms with Gasteiger partial charge < -0.3 is 29.3 Å². The van der Waals surface area contributed by atoms with E-state index in [2.05, 4.69) is 10.3 Å². The van der Waals surface area contributed by atoms with E-state index in [9.17, 15) is 14.4 Å². The average molecular weight is 559 g/mol. The minimum Gasteiger partial charge on any atom is -0.490 e. The summed E-state index contributed by atoms with van der Waals surface area (Å²) in [5.41, 5.74) is 0.743. The fourth-order valence-corrected chi connectivity index (χ4v) is 6.09. The van der Waals surface area contributed by atoms with Gasteiger partial charge >= 0.3 is 0 Å². The Labute approximate surface area is 238 Å². The largest absolute Gasteiger partial charge is 0.490 e. The lowest BCUT2D eigenvalue weighted by atomic mass is 9.73. The lowest BCUT2D eigenvalue weighted by Gasteiger charge is -2.40. The SMILES string of the molecule is CCOCC(=O)N1C[C@H]2c3cccc4c3OC[C@@]2(CNC(=O)CN(C(=O)c2cc3ccccc3cn2)CCCO4)C1. The molecule has 4 bridgehead atoms. The first kappa shape index (κ1) is 27.0. The van der Waals surface area contributed by atoms with Gasteiger partial charge in [-0.05, 0) is 30.9 Å². The lowest BCUT2D eigenvalue weighted by Crippen LogP contribution is -2.50. The Hall–Kier alpha value is -4.18. The van der Waals surface area contributed by atoms with Crippen LogP contribution in [0.5, 0.6) is 11.5 Å². The maximum atomic E-state index is 13.6. The van der Waals surface area contributed by atoms with Crippen LogP contribution in [0.2, 0.25) is 0 Å². The molecular weight excluding hydrogens is 524 g/mol. The first-order chi connectivity index (χ1) is 20.0. The van der Waals surface area contributed by atoms with E-state index in [1.807, 2.05) is 49.4 Å². The van der Waals surface area contributed by atoms with Crippen LogP contribution in [0, 0.1) is 5.41 Å². The zero-order valence-corrected chi connectivity index (χ0v) is 23.1. The number of fused-ring (bicyclic) bond motifs is 10. The van der Waals surface area contributed by atoms with Crippen molar-refractivity contribution in [2.45, 2.75) is 19.3 Å². The molecule has 0 aliphatic carbocycles. The number of carbonyl (C=O) groups is 3. The number of benzene rings is 2. The molecule has 10 heteroatoms. The smallest absolute Gasteiger partial charge is 0.272 e. The Morgan fingerprint density at radius 1 is 1.12 bits per heavy atom. The molecule has 1 N–H and O–H groups in total. The molecule has 4 aliphatic rings. The molecule has 0 radical (unpaired) electrons. The van der Waals surface area contributed by atoms with Crippen molar-refractivity contribution in [2.24, 2.45) is 5.41 Å². The third-order valence-electron chi connectivity index (χ3n) is 8.26. The zero-order valence-electron chi connectivity index (χ0n) is 23.1. The van der Waals surface area contributed by atoms with E-state index in [1.54, 1.807) is 17.2 Å². The van der Waals surface area contributed by atoms with Crippen LogP contribution in [0.3, 0.4) is 0 Å². The van der Waals surface area contributed by atoms with Crippen molar-refractivity contribution in [1.29, 1.82) is 0 Å². The Morgan fingerprint density at radius 3 is 2.83 bits per heavy atom. The lowest BCUT2D eigenvalue weighted by molar-refractivity contribution is -0.135. The number of rotatable bonds is 4. The average Bonchev–Trinajstić information content (AvgIpc) is 3.40. The summed E-state index contributed by atoms with van der Waals surface area (Å²) < 4.78 is 17.8. The molecule has 7 rings (SSSR count). The van der Waals surface area contributed by atoms with Crippen LogP contribution in [0.1, 0.15) is 35.3 Å². The monoisotopic (exact) mass is 558 g/mol. The van der Waals surface area contributed by atoms with Crippen molar-refractivity contribution in [3.05, 3.63) is 66.0 Å². The van der Waals surface area contributed by atoms with Gasteiger partial charge in [0.15, 0.2) is 11.5 Å². The quantitative estimate of drug-likeness (QED) is 0.524. The number of amides is 3. The summed E-state index contributed by atoms with van der Waals surface area (Å²) in [6.07, 6.45) is 2.20. The molecule has 2 atom stereocenters. The summed E-state index contributed by atoms with van der Waals surface area (Å²) in [4.78, 5) is 47.5. The number of aromatic nitrogens is 1. The molecule has 2 aromatic carbocycles. The molecule has 4 aliphatic heterocycles. The molecule has 1 saturated heterocycles. The number of para-hydroxylation sites is 1. The fourth-order valence-electron chi connectivity index (χ4n) is 6.09. The van der Waals surface area contributed by atoms with Crippen LogP contribution in [-0.4, -0.2) is 91.7 Å². The highest BCUT2D eigenvalue weighted by molar-refractivity contribution is 5.98. The zero-order chi connectivity index (χ0) is 28.4. The molecule has 1 aromatic heterocycles. The molecule has 1 fully saturated rings. The number of likely N-dealkylation sites (tertiary alicyclic amines) is 1. The Kier molecular flexibility index (Phi) is 7.49. The number of carbonyl (C=O) groups excluding carboxylic acids is 3. The summed E-state index contributed by atoms with van der Waals surface area (Å²) in [6, 6.07) is 15.3. The van der Waals surface area contributed by atoms with Gasteiger partial charge in [-0.15, -0.1) is 0 Å². The second-order valence-corrected chi connectivity index (χ2v) is 10.9. The highest BCUT2D eigenvalue weighted by atomic mass is 16.5. The molecule has 41 heavy (non-hydrogen) atoms. The van der Waals surface area contributed by atoms with E-state index in [0.717, 1.165) is 16.3 Å². The van der Waals surface area contributed by atoms with Gasteiger partial charge in [0.1, 0.15) is 12.3 Å². The van der Waals surface area contributed by atoms with Gasteiger partial charge in [0, 0.05) is 61.3 Å². The highest BCUT2D eigenvalue weighted by Gasteiger charge is 2.53. The van der Waals surface area contributed by atoms with Crippen molar-refractivity contribution in [1.82, 2.24) is 20.1 Å². The maximum Gasteiger partial charge on any atom is 0.272 e. The summed E-state index contributed by atoms with van der Waals surface area (Å²) in [7, 11) is 0. The van der Waals surface area contributed by atoms with Crippen LogP contribution in [0.15, 0.2) is 54.7 Å². The summed E-state index contributed by atoms with van der Waals surface area (Å²) in [5, 5.41) is 4.92. The molecule has 0 unspecified atom stereocenters. The van der Waals surface area contributed by atoms with Crippen LogP contribution < -0.4 is 14.8 Å². The van der Waals surface area contributed by atoms with Crippen molar-refractivity contribution in [2.75, 3.05) is 59.2 Å². The van der Waals surface area contributed by atoms with Gasteiger partial charge in [-0.25, -0.2) is 0 Å². The van der Waals surface area contributed by atoms with Gasteiger partial charge in [0.2, 0.25) is 11.8 Å². The third-order valence-corrected chi connectivity index (χ3v) is 8.26. The molecule has 5 heterocycles. The maximum absolute atomic E-state index is 13.6. The van der Waals surface area contributed by atoms with Gasteiger partial charge in [-0.3, -0.25) is 19.4 Å². The minimum absolute atomic E-state index is 0.0163. The number of hydrogen-bond donors (Lipinski definition) is 1. The van der Waals surface area contributed by atoms with Crippen molar-refractivity contribution >= 4 is 28.5 Å². The van der Waals surface area contributed by atoms with Gasteiger partial charge in [0.25, 0.3) is 5.91 Å². The molecule has 214 valence electrons. The first-order valence-electron chi connectivity index (χ1n) is 14.1. The molecule has 1 spiro atoms. The number of nitrogens with zero attached hydrogens (tertiary/aromatic N) is 3. The van der Waals surface area contributed by atoms with E-state index >= 15 is 0 Å². The molecular formula is C31H34N4O6. The molecule has 10 nitrogen and oxygen atoms in total. The summed E-state index contributed by atoms with van der Waals surface area (Å²) in [5.74, 6) is 0.608. The molecule has 3 amide bonds. The molecule has 0 saturated carbocycles. The second kappa shape index (κ2) is 11.4. The van der Waals surface area contributed by atoms with Gasteiger partial charge in [-0.2, -0.15) is 0 Å². The van der Waals surface area contributed by atoms with Gasteiger partial charge in [-0.1, -0.05) is 36.4 Å². The fraction of sp³-hybridized carbons (Fsp3) is 0.419. The van der Waals surface area contributed by atoms with E-state index in [0.29, 0.717) is 69.6 Å². The van der Waals surface area contributed by atoms with E-state index < -0.39 is 5.41 Å². The van der Waals surface area contributed by atoms with Crippen molar-refractivity contribution in [3.8, 4) is 11.5 Å². The summed E-state index contributed by atoms with van der Waals surface area (Å²) >= 11 is 0. The predicted octanol–water partition coefficient (Wildman–Crippen LogP) is 2.62. The van der Waals surface area contributed by atoms with Crippen molar-refractivity contribution < 1.29 is 28.6 Å². The van der Waals surface area contributed by atoms with Crippen molar-refractivity contribution in [3.63, 3.8) is 0 Å². The number of hydrogen-bond acceptors (Lipinski definition) is 7. The van der Waals surface area contributed by atoms with Crippen LogP contribution in [0.4, 0.5) is 0 Å². The number of nitrogens with one attached hydrogen (secondary N) is 1. The Bertz CT molecular complexity index is 1480. The van der Waals surface area contributed by atoms with E-state index in [4.69, 9.17) is 14.2 Å². The van der Waals surface area contributed by atoms with E-state index in [-0.39, 0.29) is 36.8 Å². The summed E-state index contributed by atoms with van der Waals surface area (Å²) in [6.45, 7) is 4.44. The second-order valence-electron chi connectivity index (χ2n) is 10.9. The Morgan fingerprint density at radius 2 is 1.98 bits per heavy atom. The predicted molar refractivity (Wildman–Crippen MR) is 151 cm³/mol. The highest BCUT2D eigenvalue weighted by Crippen LogP contribution is 2.52. The van der Waals surface area contributed by atoms with Crippen LogP contribution in [0.25, 0.3) is 10.8 Å². The minimum atomic E-state index is -0.526. The molecule has 3 aromatic rings. The first-order valence-corrected chi connectivity index (χ1v) is 14.1. The standard InChI is InChI=1S/C31H34N4O6/c1-2-39-17-28(37)35-15-24-23-9-5-10-26-29(23)41-20-31(24,19-35)18-33-27(36)16-34(11-6-12-40-26)30(38)25-13-21-7-3-4-8-22(21)14-32-25/h3-5,7-10,13-14,24H,2,6,11-12,15-20H2,1H3,(H,33,36)/t24-,31+/m0/s1. The van der Waals surface area contributed by atoms with E-state index in [1.165, 1.54) is 4.90 Å². The number of pyridine rings is 1. The normalized spacial score (nSPS) is 22.4. The van der Waals surface area contributed by atoms with Crippen LogP contribution >= 0.6 is 0 Å². The van der Waals surface area contributed by atoms with Gasteiger partial charge in [0.05, 0.1) is 19.8 Å². The van der Waals surface area contributed by atoms with Crippen LogP contribution in [-0.2, 0) is 14.3 Å².